The molecule has 2 unspecified atom stereocenters. The Labute approximate surface area is 119 Å². The number of thioether (sulfide) groups is 2. The molecule has 2 N–H and O–H groups in total. The highest BCUT2D eigenvalue weighted by Crippen LogP contribution is 2.37. The molecule has 1 aromatic rings. The molecule has 0 saturated heterocycles. The Bertz CT molecular complexity index is 500. The number of carboxylic acid groups (broad SMARTS) is 1. The number of nitrogens with zero attached hydrogens (tertiary/aromatic N) is 2. The molecule has 2 rings (SSSR count). The van der Waals surface area contributed by atoms with Gasteiger partial charge in [0.1, 0.15) is 0 Å². The van der Waals surface area contributed by atoms with E-state index in [1.807, 2.05) is 11.8 Å². The van der Waals surface area contributed by atoms with Crippen molar-refractivity contribution in [2.24, 2.45) is 0 Å². The van der Waals surface area contributed by atoms with Gasteiger partial charge in [-0.05, 0) is 25.0 Å². The van der Waals surface area contributed by atoms with Gasteiger partial charge in [-0.2, -0.15) is 11.8 Å². The van der Waals surface area contributed by atoms with Gasteiger partial charge in [-0.1, -0.05) is 18.7 Å². The molecular weight excluding hydrogens is 286 g/mol. The summed E-state index contributed by atoms with van der Waals surface area (Å²) in [4.78, 5) is 22.4. The molecule has 1 fully saturated rings. The number of rotatable bonds is 6. The molecule has 0 amide bonds. The summed E-state index contributed by atoms with van der Waals surface area (Å²) in [6, 6.07) is 0.145. The predicted molar refractivity (Wildman–Crippen MR) is 76.0 cm³/mol. The van der Waals surface area contributed by atoms with Gasteiger partial charge < -0.3 is 5.11 Å². The second-order valence-electron chi connectivity index (χ2n) is 4.41. The molecule has 1 aliphatic rings. The average molecular weight is 303 g/mol. The fourth-order valence-electron chi connectivity index (χ4n) is 2.38. The molecule has 6 nitrogen and oxygen atoms in total. The Morgan fingerprint density at radius 3 is 3.05 bits per heavy atom. The van der Waals surface area contributed by atoms with Crippen LogP contribution in [0, 0.1) is 0 Å². The van der Waals surface area contributed by atoms with Crippen LogP contribution in [0.3, 0.4) is 0 Å². The van der Waals surface area contributed by atoms with Crippen molar-refractivity contribution in [3.63, 3.8) is 0 Å². The largest absolute Gasteiger partial charge is 0.481 e. The Morgan fingerprint density at radius 2 is 2.37 bits per heavy atom. The van der Waals surface area contributed by atoms with E-state index in [0.29, 0.717) is 10.4 Å². The maximum absolute atomic E-state index is 11.8. The highest BCUT2D eigenvalue weighted by atomic mass is 32.2. The van der Waals surface area contributed by atoms with E-state index in [0.717, 1.165) is 36.8 Å². The predicted octanol–water partition coefficient (Wildman–Crippen LogP) is 1.59. The molecule has 8 heteroatoms. The number of hydrogen-bond donors (Lipinski definition) is 2. The zero-order valence-corrected chi connectivity index (χ0v) is 12.3. The number of aromatic amines is 1. The average Bonchev–Trinajstić information content (AvgIpc) is 2.94. The lowest BCUT2D eigenvalue weighted by atomic mass is 10.2. The fourth-order valence-corrected chi connectivity index (χ4v) is 4.25. The van der Waals surface area contributed by atoms with Crippen LogP contribution in [-0.2, 0) is 4.79 Å². The van der Waals surface area contributed by atoms with Crippen LogP contribution < -0.4 is 5.69 Å². The van der Waals surface area contributed by atoms with Gasteiger partial charge in [0.15, 0.2) is 5.16 Å². The first-order chi connectivity index (χ1) is 9.11. The minimum Gasteiger partial charge on any atom is -0.481 e. The number of carboxylic acids is 1. The first kappa shape index (κ1) is 14.5. The molecule has 0 bridgehead atoms. The molecule has 19 heavy (non-hydrogen) atoms. The summed E-state index contributed by atoms with van der Waals surface area (Å²) >= 11 is 3.01. The topological polar surface area (TPSA) is 88.0 Å². The number of nitrogens with one attached hydrogen (secondary N) is 1. The molecule has 1 aromatic heterocycles. The lowest BCUT2D eigenvalue weighted by molar-refractivity contribution is -0.133. The van der Waals surface area contributed by atoms with Gasteiger partial charge >= 0.3 is 11.7 Å². The summed E-state index contributed by atoms with van der Waals surface area (Å²) in [6.07, 6.45) is 3.01. The Kier molecular flexibility index (Phi) is 4.98. The quantitative estimate of drug-likeness (QED) is 0.776. The number of hydrogen-bond acceptors (Lipinski definition) is 5. The van der Waals surface area contributed by atoms with Gasteiger partial charge in [-0.25, -0.2) is 9.89 Å². The van der Waals surface area contributed by atoms with Crippen LogP contribution in [-0.4, -0.2) is 42.6 Å². The maximum atomic E-state index is 11.8. The van der Waals surface area contributed by atoms with Crippen LogP contribution in [0.25, 0.3) is 0 Å². The summed E-state index contributed by atoms with van der Waals surface area (Å²) in [5.74, 6) is 0.0976. The van der Waals surface area contributed by atoms with E-state index < -0.39 is 5.97 Å². The molecule has 0 radical (unpaired) electrons. The summed E-state index contributed by atoms with van der Waals surface area (Å²) in [5, 5.41) is 16.1. The molecular formula is C11H17N3O3S2. The molecule has 1 aliphatic carbocycles. The SMILES string of the molecule is CCSC1CCC(n2c(SCC(=O)O)n[nH]c2=O)C1. The van der Waals surface area contributed by atoms with Crippen LogP contribution in [0.2, 0.25) is 0 Å². The molecule has 0 aliphatic heterocycles. The minimum atomic E-state index is -0.905. The Balaban J connectivity index is 2.09. The van der Waals surface area contributed by atoms with Crippen LogP contribution in [0.15, 0.2) is 9.95 Å². The van der Waals surface area contributed by atoms with E-state index in [1.165, 1.54) is 0 Å². The van der Waals surface area contributed by atoms with E-state index in [1.54, 1.807) is 4.57 Å². The van der Waals surface area contributed by atoms with Crippen molar-refractivity contribution in [1.82, 2.24) is 14.8 Å². The van der Waals surface area contributed by atoms with E-state index in [4.69, 9.17) is 5.11 Å². The third-order valence-electron chi connectivity index (χ3n) is 3.12. The smallest absolute Gasteiger partial charge is 0.344 e. The van der Waals surface area contributed by atoms with Gasteiger partial charge in [-0.15, -0.1) is 5.10 Å². The third-order valence-corrected chi connectivity index (χ3v) is 5.29. The van der Waals surface area contributed by atoms with Gasteiger partial charge in [0.25, 0.3) is 0 Å². The molecule has 0 aromatic carbocycles. The Hall–Kier alpha value is -0.890. The van der Waals surface area contributed by atoms with E-state index >= 15 is 0 Å². The second kappa shape index (κ2) is 6.51. The van der Waals surface area contributed by atoms with Crippen molar-refractivity contribution in [1.29, 1.82) is 0 Å². The number of aliphatic carboxylic acids is 1. The number of carbonyl (C=O) groups is 1. The van der Waals surface area contributed by atoms with Gasteiger partial charge in [0.05, 0.1) is 5.75 Å². The van der Waals surface area contributed by atoms with Gasteiger partial charge in [0.2, 0.25) is 0 Å². The van der Waals surface area contributed by atoms with Crippen LogP contribution >= 0.6 is 23.5 Å². The van der Waals surface area contributed by atoms with E-state index in [9.17, 15) is 9.59 Å². The zero-order valence-electron chi connectivity index (χ0n) is 10.7. The summed E-state index contributed by atoms with van der Waals surface area (Å²) in [7, 11) is 0. The first-order valence-electron chi connectivity index (χ1n) is 6.25. The minimum absolute atomic E-state index is 0.0792. The van der Waals surface area contributed by atoms with Gasteiger partial charge in [0, 0.05) is 11.3 Å². The normalized spacial score (nSPS) is 22.8. The van der Waals surface area contributed by atoms with Crippen molar-refractivity contribution in [3.05, 3.63) is 10.5 Å². The second-order valence-corrected chi connectivity index (χ2v) is 6.93. The lowest BCUT2D eigenvalue weighted by Gasteiger charge is -2.13. The van der Waals surface area contributed by atoms with Crippen LogP contribution in [0.4, 0.5) is 0 Å². The monoisotopic (exact) mass is 303 g/mol. The van der Waals surface area contributed by atoms with Crippen molar-refractivity contribution < 1.29 is 9.90 Å². The fraction of sp³-hybridized carbons (Fsp3) is 0.727. The van der Waals surface area contributed by atoms with Crippen molar-refractivity contribution in [2.45, 2.75) is 42.6 Å². The molecule has 106 valence electrons. The highest BCUT2D eigenvalue weighted by molar-refractivity contribution is 8.00. The summed E-state index contributed by atoms with van der Waals surface area (Å²) in [6.45, 7) is 2.14. The van der Waals surface area contributed by atoms with Gasteiger partial charge in [-0.3, -0.25) is 9.36 Å². The number of H-pyrrole nitrogens is 1. The lowest BCUT2D eigenvalue weighted by Crippen LogP contribution is -2.22. The Morgan fingerprint density at radius 1 is 1.58 bits per heavy atom. The van der Waals surface area contributed by atoms with Crippen LogP contribution in [0.5, 0.6) is 0 Å². The van der Waals surface area contributed by atoms with Crippen molar-refractivity contribution in [3.8, 4) is 0 Å². The number of aromatic nitrogens is 3. The molecule has 1 saturated carbocycles. The standard InChI is InChI=1S/C11H17N3O3S2/c1-2-18-8-4-3-7(5-8)14-10(17)12-13-11(14)19-6-9(15)16/h7-8H,2-6H2,1H3,(H,12,17)(H,15,16). The van der Waals surface area contributed by atoms with Crippen molar-refractivity contribution >= 4 is 29.5 Å². The first-order valence-corrected chi connectivity index (χ1v) is 8.28. The third kappa shape index (κ3) is 3.56. The van der Waals surface area contributed by atoms with E-state index in [2.05, 4.69) is 17.1 Å². The maximum Gasteiger partial charge on any atom is 0.344 e. The highest BCUT2D eigenvalue weighted by Gasteiger charge is 2.29. The molecule has 2 atom stereocenters. The molecule has 1 heterocycles. The zero-order chi connectivity index (χ0) is 13.8. The van der Waals surface area contributed by atoms with Crippen molar-refractivity contribution in [2.75, 3.05) is 11.5 Å². The summed E-state index contributed by atoms with van der Waals surface area (Å²) in [5.41, 5.74) is -0.236. The van der Waals surface area contributed by atoms with Crippen LogP contribution in [0.1, 0.15) is 32.2 Å². The molecule has 0 spiro atoms. The van der Waals surface area contributed by atoms with E-state index in [-0.39, 0.29) is 17.5 Å². The summed E-state index contributed by atoms with van der Waals surface area (Å²) < 4.78 is 1.63.